The van der Waals surface area contributed by atoms with E-state index < -0.39 is 0 Å². The number of morpholine rings is 1. The molecular weight excluding hydrogens is 204 g/mol. The molecule has 1 unspecified atom stereocenters. The summed E-state index contributed by atoms with van der Waals surface area (Å²) in [5, 5.41) is 7.14. The van der Waals surface area contributed by atoms with Crippen LogP contribution in [0, 0.1) is 0 Å². The molecule has 0 bridgehead atoms. The summed E-state index contributed by atoms with van der Waals surface area (Å²) >= 11 is 0. The van der Waals surface area contributed by atoms with Crippen LogP contribution in [0.5, 0.6) is 0 Å². The van der Waals surface area contributed by atoms with Gasteiger partial charge in [-0.05, 0) is 5.56 Å². The van der Waals surface area contributed by atoms with Gasteiger partial charge in [0, 0.05) is 13.1 Å². The van der Waals surface area contributed by atoms with Crippen LogP contribution >= 0.6 is 0 Å². The van der Waals surface area contributed by atoms with Gasteiger partial charge in [0.1, 0.15) is 12.7 Å². The van der Waals surface area contributed by atoms with Crippen molar-refractivity contribution in [3.05, 3.63) is 35.9 Å². The summed E-state index contributed by atoms with van der Waals surface area (Å²) < 4.78 is 5.47. The molecule has 0 aliphatic carbocycles. The number of nitrogens with zero attached hydrogens (tertiary/aromatic N) is 1. The Balaban J connectivity index is 1.69. The van der Waals surface area contributed by atoms with Crippen LogP contribution in [0.25, 0.3) is 0 Å². The first-order valence-electron chi connectivity index (χ1n) is 5.48. The summed E-state index contributed by atoms with van der Waals surface area (Å²) in [6.45, 7) is 3.00. The fraction of sp³-hybridized carbons (Fsp3) is 0.417. The zero-order chi connectivity index (χ0) is 11.1. The van der Waals surface area contributed by atoms with Crippen molar-refractivity contribution in [2.45, 2.75) is 6.10 Å². The number of rotatable bonds is 4. The van der Waals surface area contributed by atoms with Crippen molar-refractivity contribution >= 4 is 6.21 Å². The molecule has 1 atom stereocenters. The minimum absolute atomic E-state index is 0.113. The molecule has 0 amide bonds. The SMILES string of the molecule is C(=N\OCC1CNCCO1)/c1ccccc1. The molecule has 1 saturated heterocycles. The normalized spacial score (nSPS) is 21.1. The molecule has 1 aliphatic heterocycles. The first-order valence-corrected chi connectivity index (χ1v) is 5.48. The zero-order valence-corrected chi connectivity index (χ0v) is 9.13. The van der Waals surface area contributed by atoms with E-state index in [4.69, 9.17) is 9.57 Å². The highest BCUT2D eigenvalue weighted by Gasteiger charge is 2.13. The molecule has 0 saturated carbocycles. The van der Waals surface area contributed by atoms with Gasteiger partial charge in [-0.15, -0.1) is 0 Å². The highest BCUT2D eigenvalue weighted by atomic mass is 16.6. The number of hydrogen-bond donors (Lipinski definition) is 1. The fourth-order valence-electron chi connectivity index (χ4n) is 1.49. The van der Waals surface area contributed by atoms with Crippen molar-refractivity contribution < 1.29 is 9.57 Å². The molecule has 1 aromatic rings. The second-order valence-electron chi connectivity index (χ2n) is 3.64. The van der Waals surface area contributed by atoms with Gasteiger partial charge in [0.05, 0.1) is 12.8 Å². The van der Waals surface area contributed by atoms with E-state index in [2.05, 4.69) is 10.5 Å². The molecule has 1 N–H and O–H groups in total. The van der Waals surface area contributed by atoms with E-state index in [1.165, 1.54) is 0 Å². The van der Waals surface area contributed by atoms with Gasteiger partial charge in [0.15, 0.2) is 0 Å². The van der Waals surface area contributed by atoms with Gasteiger partial charge >= 0.3 is 0 Å². The van der Waals surface area contributed by atoms with E-state index in [0.717, 1.165) is 25.3 Å². The summed E-state index contributed by atoms with van der Waals surface area (Å²) in [5.41, 5.74) is 1.03. The van der Waals surface area contributed by atoms with Crippen molar-refractivity contribution in [2.75, 3.05) is 26.3 Å². The Morgan fingerprint density at radius 3 is 3.06 bits per heavy atom. The van der Waals surface area contributed by atoms with Gasteiger partial charge < -0.3 is 14.9 Å². The van der Waals surface area contributed by atoms with Crippen molar-refractivity contribution in [1.82, 2.24) is 5.32 Å². The van der Waals surface area contributed by atoms with Crippen LogP contribution in [0.3, 0.4) is 0 Å². The van der Waals surface area contributed by atoms with Crippen LogP contribution in [0.1, 0.15) is 5.56 Å². The molecule has 1 aromatic carbocycles. The van der Waals surface area contributed by atoms with Gasteiger partial charge in [-0.2, -0.15) is 0 Å². The van der Waals surface area contributed by atoms with E-state index in [1.54, 1.807) is 6.21 Å². The minimum Gasteiger partial charge on any atom is -0.393 e. The molecular formula is C12H16N2O2. The Labute approximate surface area is 95.2 Å². The predicted molar refractivity (Wildman–Crippen MR) is 62.6 cm³/mol. The standard InChI is InChI=1S/C12H16N2O2/c1-2-4-11(5-3-1)8-14-16-10-12-9-13-6-7-15-12/h1-5,8,12-13H,6-7,9-10H2/b14-8+. The lowest BCUT2D eigenvalue weighted by atomic mass is 10.2. The molecule has 86 valence electrons. The minimum atomic E-state index is 0.113. The second kappa shape index (κ2) is 6.25. The predicted octanol–water partition coefficient (Wildman–Crippen LogP) is 1.03. The van der Waals surface area contributed by atoms with Crippen molar-refractivity contribution in [2.24, 2.45) is 5.16 Å². The Morgan fingerprint density at radius 1 is 1.44 bits per heavy atom. The Hall–Kier alpha value is -1.39. The Bertz CT molecular complexity index is 321. The van der Waals surface area contributed by atoms with Crippen LogP contribution in [0.2, 0.25) is 0 Å². The third-order valence-electron chi connectivity index (χ3n) is 2.34. The van der Waals surface area contributed by atoms with Crippen LogP contribution in [-0.2, 0) is 9.57 Å². The smallest absolute Gasteiger partial charge is 0.144 e. The first-order chi connectivity index (χ1) is 7.95. The van der Waals surface area contributed by atoms with Gasteiger partial charge in [0.25, 0.3) is 0 Å². The number of ether oxygens (including phenoxy) is 1. The molecule has 0 spiro atoms. The van der Waals surface area contributed by atoms with Crippen molar-refractivity contribution in [3.63, 3.8) is 0 Å². The molecule has 2 rings (SSSR count). The number of nitrogens with one attached hydrogen (secondary N) is 1. The van der Waals surface area contributed by atoms with Crippen LogP contribution in [0.15, 0.2) is 35.5 Å². The average Bonchev–Trinajstić information content (AvgIpc) is 2.37. The number of benzene rings is 1. The highest BCUT2D eigenvalue weighted by molar-refractivity contribution is 5.78. The average molecular weight is 220 g/mol. The maximum atomic E-state index is 5.47. The van der Waals surface area contributed by atoms with Crippen LogP contribution in [-0.4, -0.2) is 38.6 Å². The van der Waals surface area contributed by atoms with E-state index in [1.807, 2.05) is 30.3 Å². The van der Waals surface area contributed by atoms with Crippen LogP contribution in [0.4, 0.5) is 0 Å². The molecule has 1 fully saturated rings. The second-order valence-corrected chi connectivity index (χ2v) is 3.64. The van der Waals surface area contributed by atoms with Gasteiger partial charge in [-0.25, -0.2) is 0 Å². The molecule has 0 aromatic heterocycles. The van der Waals surface area contributed by atoms with E-state index in [-0.39, 0.29) is 6.10 Å². The summed E-state index contributed by atoms with van der Waals surface area (Å²) in [6, 6.07) is 9.86. The van der Waals surface area contributed by atoms with Crippen molar-refractivity contribution in [1.29, 1.82) is 0 Å². The van der Waals surface area contributed by atoms with Gasteiger partial charge in [0.2, 0.25) is 0 Å². The summed E-state index contributed by atoms with van der Waals surface area (Å²) in [5.74, 6) is 0. The quantitative estimate of drug-likeness (QED) is 0.608. The highest BCUT2D eigenvalue weighted by Crippen LogP contribution is 1.98. The fourth-order valence-corrected chi connectivity index (χ4v) is 1.49. The molecule has 1 aliphatic rings. The number of hydrogen-bond acceptors (Lipinski definition) is 4. The lowest BCUT2D eigenvalue weighted by Crippen LogP contribution is -2.40. The molecule has 4 nitrogen and oxygen atoms in total. The maximum Gasteiger partial charge on any atom is 0.144 e. The lowest BCUT2D eigenvalue weighted by Gasteiger charge is -2.22. The number of oxime groups is 1. The van der Waals surface area contributed by atoms with Crippen molar-refractivity contribution in [3.8, 4) is 0 Å². The molecule has 1 heterocycles. The summed E-state index contributed by atoms with van der Waals surface area (Å²) in [4.78, 5) is 5.18. The largest absolute Gasteiger partial charge is 0.393 e. The van der Waals surface area contributed by atoms with Crippen LogP contribution < -0.4 is 5.32 Å². The molecule has 4 heteroatoms. The summed E-state index contributed by atoms with van der Waals surface area (Å²) in [6.07, 6.45) is 1.82. The first kappa shape index (κ1) is 11.1. The third kappa shape index (κ3) is 3.64. The molecule has 0 radical (unpaired) electrons. The molecule has 16 heavy (non-hydrogen) atoms. The van der Waals surface area contributed by atoms with E-state index >= 15 is 0 Å². The topological polar surface area (TPSA) is 42.8 Å². The lowest BCUT2D eigenvalue weighted by molar-refractivity contribution is -0.0298. The van der Waals surface area contributed by atoms with Gasteiger partial charge in [-0.3, -0.25) is 0 Å². The maximum absolute atomic E-state index is 5.47. The zero-order valence-electron chi connectivity index (χ0n) is 9.13. The Kier molecular flexibility index (Phi) is 4.34. The summed E-state index contributed by atoms with van der Waals surface area (Å²) in [7, 11) is 0. The Morgan fingerprint density at radius 2 is 2.31 bits per heavy atom. The van der Waals surface area contributed by atoms with E-state index in [0.29, 0.717) is 6.61 Å². The monoisotopic (exact) mass is 220 g/mol. The third-order valence-corrected chi connectivity index (χ3v) is 2.34. The van der Waals surface area contributed by atoms with Gasteiger partial charge in [-0.1, -0.05) is 35.5 Å². The van der Waals surface area contributed by atoms with E-state index in [9.17, 15) is 0 Å².